The van der Waals surface area contributed by atoms with Crippen LogP contribution < -0.4 is 0 Å². The fourth-order valence-electron chi connectivity index (χ4n) is 2.41. The second-order valence-electron chi connectivity index (χ2n) is 4.63. The lowest BCUT2D eigenvalue weighted by Gasteiger charge is -2.31. The van der Waals surface area contributed by atoms with E-state index in [-0.39, 0.29) is 11.4 Å². The van der Waals surface area contributed by atoms with Crippen molar-refractivity contribution < 1.29 is 13.3 Å². The number of nitro groups is 1. The summed E-state index contributed by atoms with van der Waals surface area (Å²) in [5.74, 6) is 0.123. The van der Waals surface area contributed by atoms with E-state index in [1.165, 1.54) is 10.4 Å². The van der Waals surface area contributed by atoms with Crippen LogP contribution in [0.25, 0.3) is 0 Å². The number of sulfonamides is 1. The molecule has 2 rings (SSSR count). The van der Waals surface area contributed by atoms with Crippen molar-refractivity contribution in [1.82, 2.24) is 4.31 Å². The minimum atomic E-state index is -3.30. The summed E-state index contributed by atoms with van der Waals surface area (Å²) in [6.45, 7) is 2.13. The Morgan fingerprint density at radius 2 is 2.00 bits per heavy atom. The average molecular weight is 284 g/mol. The predicted octanol–water partition coefficient (Wildman–Crippen LogP) is 2.08. The number of rotatable bonds is 3. The van der Waals surface area contributed by atoms with Gasteiger partial charge in [-0.15, -0.1) is 0 Å². The van der Waals surface area contributed by atoms with E-state index >= 15 is 0 Å². The SMILES string of the molecule is CC(c1ccccc1[N+](=O)[O-])N1CCCCS1(=O)=O. The van der Waals surface area contributed by atoms with Crippen molar-refractivity contribution in [3.63, 3.8) is 0 Å². The normalized spacial score (nSPS) is 20.9. The molecule has 1 saturated heterocycles. The van der Waals surface area contributed by atoms with Crippen molar-refractivity contribution in [3.05, 3.63) is 39.9 Å². The summed E-state index contributed by atoms with van der Waals surface area (Å²) in [7, 11) is -3.30. The average Bonchev–Trinajstić information content (AvgIpc) is 2.37. The van der Waals surface area contributed by atoms with Crippen molar-refractivity contribution >= 4 is 15.7 Å². The number of para-hydroxylation sites is 1. The first-order chi connectivity index (χ1) is 8.93. The molecule has 0 aliphatic carbocycles. The van der Waals surface area contributed by atoms with Gasteiger partial charge in [0.1, 0.15) is 0 Å². The molecule has 1 unspecified atom stereocenters. The minimum Gasteiger partial charge on any atom is -0.258 e. The van der Waals surface area contributed by atoms with Crippen molar-refractivity contribution in [3.8, 4) is 0 Å². The van der Waals surface area contributed by atoms with E-state index in [0.29, 0.717) is 18.5 Å². The van der Waals surface area contributed by atoms with E-state index in [1.807, 2.05) is 0 Å². The summed E-state index contributed by atoms with van der Waals surface area (Å²) >= 11 is 0. The van der Waals surface area contributed by atoms with E-state index in [4.69, 9.17) is 0 Å². The van der Waals surface area contributed by atoms with Gasteiger partial charge >= 0.3 is 0 Å². The molecule has 0 spiro atoms. The van der Waals surface area contributed by atoms with Crippen molar-refractivity contribution in [2.45, 2.75) is 25.8 Å². The third-order valence-corrected chi connectivity index (χ3v) is 5.42. The Morgan fingerprint density at radius 1 is 1.32 bits per heavy atom. The monoisotopic (exact) mass is 284 g/mol. The Morgan fingerprint density at radius 3 is 2.63 bits per heavy atom. The Labute approximate surface area is 112 Å². The Hall–Kier alpha value is -1.47. The fraction of sp³-hybridized carbons (Fsp3) is 0.500. The quantitative estimate of drug-likeness (QED) is 0.628. The predicted molar refractivity (Wildman–Crippen MR) is 71.2 cm³/mol. The van der Waals surface area contributed by atoms with Crippen LogP contribution in [-0.2, 0) is 10.0 Å². The summed E-state index contributed by atoms with van der Waals surface area (Å²) in [5, 5.41) is 11.0. The molecule has 1 heterocycles. The molecule has 0 bridgehead atoms. The highest BCUT2D eigenvalue weighted by Crippen LogP contribution is 2.32. The molecule has 0 N–H and O–H groups in total. The lowest BCUT2D eigenvalue weighted by Crippen LogP contribution is -2.39. The zero-order valence-electron chi connectivity index (χ0n) is 10.7. The molecule has 0 saturated carbocycles. The van der Waals surface area contributed by atoms with Gasteiger partial charge in [-0.25, -0.2) is 8.42 Å². The molecule has 1 atom stereocenters. The lowest BCUT2D eigenvalue weighted by molar-refractivity contribution is -0.385. The van der Waals surface area contributed by atoms with Gasteiger partial charge in [0.15, 0.2) is 0 Å². The molecular weight excluding hydrogens is 268 g/mol. The van der Waals surface area contributed by atoms with Gasteiger partial charge in [0.05, 0.1) is 16.7 Å². The van der Waals surface area contributed by atoms with E-state index in [1.54, 1.807) is 25.1 Å². The first kappa shape index (κ1) is 14.0. The van der Waals surface area contributed by atoms with Gasteiger partial charge in [0.25, 0.3) is 5.69 Å². The topological polar surface area (TPSA) is 80.5 Å². The van der Waals surface area contributed by atoms with Crippen LogP contribution in [0.2, 0.25) is 0 Å². The van der Waals surface area contributed by atoms with E-state index in [0.717, 1.165) is 6.42 Å². The summed E-state index contributed by atoms with van der Waals surface area (Å²) in [6.07, 6.45) is 1.45. The summed E-state index contributed by atoms with van der Waals surface area (Å²) < 4.78 is 25.4. The van der Waals surface area contributed by atoms with Crippen LogP contribution in [0.1, 0.15) is 31.4 Å². The zero-order valence-corrected chi connectivity index (χ0v) is 11.5. The highest BCUT2D eigenvalue weighted by atomic mass is 32.2. The molecule has 7 heteroatoms. The second kappa shape index (κ2) is 5.26. The Kier molecular flexibility index (Phi) is 3.86. The van der Waals surface area contributed by atoms with Crippen molar-refractivity contribution in [1.29, 1.82) is 0 Å². The maximum atomic E-state index is 12.0. The standard InChI is InChI=1S/C12H16N2O4S/c1-10(13-8-4-5-9-19(13,17)18)11-6-2-3-7-12(11)14(15)16/h2-3,6-7,10H,4-5,8-9H2,1H3. The molecule has 1 fully saturated rings. The molecule has 0 amide bonds. The molecule has 1 aliphatic heterocycles. The summed E-state index contributed by atoms with van der Waals surface area (Å²) in [6, 6.07) is 5.79. The molecule has 1 aromatic rings. The molecule has 0 aromatic heterocycles. The Bertz CT molecular complexity index is 585. The summed E-state index contributed by atoms with van der Waals surface area (Å²) in [5.41, 5.74) is 0.411. The van der Waals surface area contributed by atoms with Crippen LogP contribution in [0.15, 0.2) is 24.3 Å². The van der Waals surface area contributed by atoms with Crippen LogP contribution in [0.4, 0.5) is 5.69 Å². The largest absolute Gasteiger partial charge is 0.274 e. The van der Waals surface area contributed by atoms with Crippen molar-refractivity contribution in [2.24, 2.45) is 0 Å². The Balaban J connectivity index is 2.39. The number of nitrogens with zero attached hydrogens (tertiary/aromatic N) is 2. The third kappa shape index (κ3) is 2.76. The second-order valence-corrected chi connectivity index (χ2v) is 6.67. The highest BCUT2D eigenvalue weighted by molar-refractivity contribution is 7.89. The maximum Gasteiger partial charge on any atom is 0.274 e. The number of hydrogen-bond acceptors (Lipinski definition) is 4. The van der Waals surface area contributed by atoms with Crippen LogP contribution in [0, 0.1) is 10.1 Å². The maximum absolute atomic E-state index is 12.0. The van der Waals surface area contributed by atoms with Crippen LogP contribution in [-0.4, -0.2) is 29.9 Å². The number of nitro benzene ring substituents is 1. The molecule has 1 aromatic carbocycles. The van der Waals surface area contributed by atoms with Crippen LogP contribution in [0.3, 0.4) is 0 Å². The molecule has 6 nitrogen and oxygen atoms in total. The number of benzene rings is 1. The van der Waals surface area contributed by atoms with Gasteiger partial charge in [0.2, 0.25) is 10.0 Å². The summed E-state index contributed by atoms with van der Waals surface area (Å²) in [4.78, 5) is 10.5. The highest BCUT2D eigenvalue weighted by Gasteiger charge is 2.33. The third-order valence-electron chi connectivity index (χ3n) is 3.40. The van der Waals surface area contributed by atoms with Crippen LogP contribution in [0.5, 0.6) is 0 Å². The number of hydrogen-bond donors (Lipinski definition) is 0. The van der Waals surface area contributed by atoms with Gasteiger partial charge < -0.3 is 0 Å². The van der Waals surface area contributed by atoms with E-state index in [2.05, 4.69) is 0 Å². The first-order valence-corrected chi connectivity index (χ1v) is 7.77. The molecule has 0 radical (unpaired) electrons. The van der Waals surface area contributed by atoms with Gasteiger partial charge in [-0.2, -0.15) is 4.31 Å². The fourth-order valence-corrected chi connectivity index (χ4v) is 4.21. The lowest BCUT2D eigenvalue weighted by atomic mass is 10.1. The zero-order chi connectivity index (χ0) is 14.0. The van der Waals surface area contributed by atoms with Gasteiger partial charge in [-0.3, -0.25) is 10.1 Å². The smallest absolute Gasteiger partial charge is 0.258 e. The minimum absolute atomic E-state index is 0.0317. The first-order valence-electron chi connectivity index (χ1n) is 6.16. The van der Waals surface area contributed by atoms with E-state index < -0.39 is 21.0 Å². The van der Waals surface area contributed by atoms with Crippen LogP contribution >= 0.6 is 0 Å². The van der Waals surface area contributed by atoms with Crippen molar-refractivity contribution in [2.75, 3.05) is 12.3 Å². The molecule has 1 aliphatic rings. The molecule has 19 heavy (non-hydrogen) atoms. The van der Waals surface area contributed by atoms with E-state index in [9.17, 15) is 18.5 Å². The molecule has 104 valence electrons. The van der Waals surface area contributed by atoms with Gasteiger partial charge in [0, 0.05) is 18.2 Å². The van der Waals surface area contributed by atoms with Gasteiger partial charge in [-0.1, -0.05) is 18.2 Å². The van der Waals surface area contributed by atoms with Gasteiger partial charge in [-0.05, 0) is 19.8 Å². The molecular formula is C12H16N2O4S.